The van der Waals surface area contributed by atoms with Gasteiger partial charge in [0.15, 0.2) is 5.13 Å². The van der Waals surface area contributed by atoms with Crippen molar-refractivity contribution in [2.24, 2.45) is 11.8 Å². The summed E-state index contributed by atoms with van der Waals surface area (Å²) in [4.78, 5) is 19.8. The van der Waals surface area contributed by atoms with Gasteiger partial charge in [-0.15, -0.1) is 11.3 Å². The van der Waals surface area contributed by atoms with Crippen molar-refractivity contribution < 1.29 is 4.79 Å². The first-order chi connectivity index (χ1) is 12.1. The van der Waals surface area contributed by atoms with Crippen molar-refractivity contribution >= 4 is 38.3 Å². The molecule has 0 N–H and O–H groups in total. The Morgan fingerprint density at radius 1 is 1.24 bits per heavy atom. The Morgan fingerprint density at radius 3 is 2.56 bits per heavy atom. The van der Waals surface area contributed by atoms with Crippen LogP contribution in [0.2, 0.25) is 0 Å². The maximum atomic E-state index is 13.1. The molecule has 1 aliphatic carbocycles. The first-order valence-corrected chi connectivity index (χ1v) is 10.8. The zero-order valence-electron chi connectivity index (χ0n) is 14.9. The Balaban J connectivity index is 1.78. The van der Waals surface area contributed by atoms with Gasteiger partial charge in [-0.05, 0) is 50.2 Å². The van der Waals surface area contributed by atoms with E-state index < -0.39 is 0 Å². The number of carbonyl (C=O) groups excluding carboxylic acids is 1. The van der Waals surface area contributed by atoms with Gasteiger partial charge in [-0.1, -0.05) is 41.9 Å². The van der Waals surface area contributed by atoms with Gasteiger partial charge < -0.3 is 0 Å². The van der Waals surface area contributed by atoms with E-state index in [0.717, 1.165) is 52.6 Å². The quantitative estimate of drug-likeness (QED) is 0.581. The van der Waals surface area contributed by atoms with E-state index in [1.165, 1.54) is 12.8 Å². The fourth-order valence-electron chi connectivity index (χ4n) is 3.39. The Labute approximate surface area is 162 Å². The predicted molar refractivity (Wildman–Crippen MR) is 109 cm³/mol. The molecule has 134 valence electrons. The minimum absolute atomic E-state index is 0.169. The van der Waals surface area contributed by atoms with Crippen LogP contribution in [-0.2, 0) is 4.79 Å². The van der Waals surface area contributed by atoms with Crippen LogP contribution in [0.3, 0.4) is 0 Å². The van der Waals surface area contributed by atoms with Gasteiger partial charge in [0.05, 0.1) is 5.69 Å². The average Bonchev–Trinajstić information content (AvgIpc) is 3.10. The van der Waals surface area contributed by atoms with E-state index >= 15 is 0 Å². The molecule has 1 amide bonds. The molecule has 0 saturated heterocycles. The summed E-state index contributed by atoms with van der Waals surface area (Å²) in [5.41, 5.74) is 2.03. The van der Waals surface area contributed by atoms with Gasteiger partial charge >= 0.3 is 0 Å². The van der Waals surface area contributed by atoms with Gasteiger partial charge in [0.2, 0.25) is 5.91 Å². The lowest BCUT2D eigenvalue weighted by atomic mass is 9.82. The molecule has 0 atom stereocenters. The highest BCUT2D eigenvalue weighted by Crippen LogP contribution is 2.33. The van der Waals surface area contributed by atoms with Crippen LogP contribution in [0.5, 0.6) is 0 Å². The molecule has 1 aromatic carbocycles. The zero-order chi connectivity index (χ0) is 17.8. The number of halogens is 1. The number of hydrogen-bond acceptors (Lipinski definition) is 3. The Hall–Kier alpha value is -1.20. The van der Waals surface area contributed by atoms with Crippen molar-refractivity contribution in [2.45, 2.75) is 46.0 Å². The topological polar surface area (TPSA) is 33.2 Å². The summed E-state index contributed by atoms with van der Waals surface area (Å²) in [5.74, 6) is 1.20. The number of benzene rings is 1. The van der Waals surface area contributed by atoms with Crippen molar-refractivity contribution in [3.8, 4) is 11.3 Å². The lowest BCUT2D eigenvalue weighted by Gasteiger charge is -2.29. The summed E-state index contributed by atoms with van der Waals surface area (Å²) in [6.45, 7) is 5.15. The average molecular weight is 421 g/mol. The lowest BCUT2D eigenvalue weighted by molar-refractivity contribution is -0.123. The molecule has 0 unspecified atom stereocenters. The van der Waals surface area contributed by atoms with E-state index in [1.54, 1.807) is 11.3 Å². The molecule has 1 fully saturated rings. The Kier molecular flexibility index (Phi) is 6.29. The minimum Gasteiger partial charge on any atom is -0.288 e. The van der Waals surface area contributed by atoms with E-state index in [4.69, 9.17) is 4.98 Å². The van der Waals surface area contributed by atoms with Gasteiger partial charge in [-0.3, -0.25) is 9.69 Å². The first kappa shape index (κ1) is 18.6. The standard InChI is InChI=1S/C20H25BrN2OS/c1-3-12-23(19(24)16-6-4-14(2)5-7-16)20-22-18(13-25-20)15-8-10-17(21)11-9-15/h8-11,13-14,16H,3-7,12H2,1-2H3. The number of carbonyl (C=O) groups is 1. The van der Waals surface area contributed by atoms with Gasteiger partial charge in [0.1, 0.15) is 0 Å². The Morgan fingerprint density at radius 2 is 1.92 bits per heavy atom. The third-order valence-corrected chi connectivity index (χ3v) is 6.33. The number of nitrogens with zero attached hydrogens (tertiary/aromatic N) is 2. The molecule has 1 heterocycles. The number of hydrogen-bond donors (Lipinski definition) is 0. The number of amides is 1. The summed E-state index contributed by atoms with van der Waals surface area (Å²) in [6.07, 6.45) is 5.31. The molecule has 1 saturated carbocycles. The van der Waals surface area contributed by atoms with E-state index in [9.17, 15) is 4.79 Å². The van der Waals surface area contributed by atoms with E-state index in [-0.39, 0.29) is 11.8 Å². The SMILES string of the molecule is CCCN(C(=O)C1CCC(C)CC1)c1nc(-c2ccc(Br)cc2)cs1. The van der Waals surface area contributed by atoms with Crippen LogP contribution in [0.1, 0.15) is 46.0 Å². The van der Waals surface area contributed by atoms with Crippen LogP contribution in [0.25, 0.3) is 11.3 Å². The summed E-state index contributed by atoms with van der Waals surface area (Å²) in [7, 11) is 0. The molecule has 3 nitrogen and oxygen atoms in total. The molecule has 0 radical (unpaired) electrons. The molecule has 25 heavy (non-hydrogen) atoms. The van der Waals surface area contributed by atoms with Crippen molar-refractivity contribution in [3.05, 3.63) is 34.1 Å². The minimum atomic E-state index is 0.169. The smallest absolute Gasteiger partial charge is 0.231 e. The molecule has 5 heteroatoms. The van der Waals surface area contributed by atoms with Gasteiger partial charge in [-0.25, -0.2) is 4.98 Å². The largest absolute Gasteiger partial charge is 0.288 e. The molecular formula is C20H25BrN2OS. The lowest BCUT2D eigenvalue weighted by Crippen LogP contribution is -2.38. The normalized spacial score (nSPS) is 20.4. The molecule has 0 bridgehead atoms. The summed E-state index contributed by atoms with van der Waals surface area (Å²) in [6, 6.07) is 8.15. The maximum Gasteiger partial charge on any atom is 0.231 e. The second kappa shape index (κ2) is 8.45. The second-order valence-electron chi connectivity index (χ2n) is 6.97. The molecule has 3 rings (SSSR count). The summed E-state index contributed by atoms with van der Waals surface area (Å²) < 4.78 is 1.06. The highest BCUT2D eigenvalue weighted by molar-refractivity contribution is 9.10. The summed E-state index contributed by atoms with van der Waals surface area (Å²) >= 11 is 5.04. The van der Waals surface area contributed by atoms with Crippen LogP contribution < -0.4 is 4.90 Å². The van der Waals surface area contributed by atoms with Gasteiger partial charge in [0, 0.05) is 27.9 Å². The highest BCUT2D eigenvalue weighted by Gasteiger charge is 2.29. The number of aromatic nitrogens is 1. The van der Waals surface area contributed by atoms with Crippen LogP contribution >= 0.6 is 27.3 Å². The zero-order valence-corrected chi connectivity index (χ0v) is 17.3. The highest BCUT2D eigenvalue weighted by atomic mass is 79.9. The van der Waals surface area contributed by atoms with Crippen LogP contribution in [0, 0.1) is 11.8 Å². The number of rotatable bonds is 5. The van der Waals surface area contributed by atoms with Gasteiger partial charge in [0.25, 0.3) is 0 Å². The molecule has 0 spiro atoms. The first-order valence-electron chi connectivity index (χ1n) is 9.11. The number of thiazole rings is 1. The third kappa shape index (κ3) is 4.50. The maximum absolute atomic E-state index is 13.1. The fourth-order valence-corrected chi connectivity index (χ4v) is 4.52. The molecule has 2 aromatic rings. The van der Waals surface area contributed by atoms with Crippen LogP contribution in [0.15, 0.2) is 34.1 Å². The van der Waals surface area contributed by atoms with E-state index in [2.05, 4.69) is 47.3 Å². The fraction of sp³-hybridized carbons (Fsp3) is 0.500. The summed E-state index contributed by atoms with van der Waals surface area (Å²) in [5, 5.41) is 2.89. The van der Waals surface area contributed by atoms with Crippen molar-refractivity contribution in [2.75, 3.05) is 11.4 Å². The second-order valence-corrected chi connectivity index (χ2v) is 8.72. The van der Waals surface area contributed by atoms with Crippen molar-refractivity contribution in [1.82, 2.24) is 4.98 Å². The van der Waals surface area contributed by atoms with Crippen molar-refractivity contribution in [3.63, 3.8) is 0 Å². The van der Waals surface area contributed by atoms with E-state index in [1.807, 2.05) is 17.0 Å². The van der Waals surface area contributed by atoms with E-state index in [0.29, 0.717) is 0 Å². The Bertz CT molecular complexity index is 705. The van der Waals surface area contributed by atoms with Gasteiger partial charge in [-0.2, -0.15) is 0 Å². The molecule has 1 aromatic heterocycles. The van der Waals surface area contributed by atoms with Crippen LogP contribution in [0.4, 0.5) is 5.13 Å². The van der Waals surface area contributed by atoms with Crippen LogP contribution in [-0.4, -0.2) is 17.4 Å². The predicted octanol–water partition coefficient (Wildman–Crippen LogP) is 6.14. The molecule has 0 aliphatic heterocycles. The van der Waals surface area contributed by atoms with Crippen molar-refractivity contribution in [1.29, 1.82) is 0 Å². The monoisotopic (exact) mass is 420 g/mol. The third-order valence-electron chi connectivity index (χ3n) is 4.94. The molecular weight excluding hydrogens is 396 g/mol. The molecule has 1 aliphatic rings. The number of anilines is 1.